The van der Waals surface area contributed by atoms with E-state index in [4.69, 9.17) is 33.2 Å². The molecule has 4 fully saturated rings. The number of methoxy groups -OCH3 is 1. The Morgan fingerprint density at radius 1 is 1.17 bits per heavy atom. The second-order valence-electron chi connectivity index (χ2n) is 10.2. The lowest BCUT2D eigenvalue weighted by Crippen LogP contribution is -2.69. The van der Waals surface area contributed by atoms with E-state index in [1.807, 2.05) is 6.92 Å². The van der Waals surface area contributed by atoms with Crippen molar-refractivity contribution in [1.29, 1.82) is 0 Å². The number of ether oxygens (including phenoxy) is 7. The van der Waals surface area contributed by atoms with Gasteiger partial charge in [0, 0.05) is 22.9 Å². The summed E-state index contributed by atoms with van der Waals surface area (Å²) in [6.07, 6.45) is -3.29. The molecule has 1 spiro atoms. The quantitative estimate of drug-likeness (QED) is 0.512. The third-order valence-electron chi connectivity index (χ3n) is 8.53. The summed E-state index contributed by atoms with van der Waals surface area (Å²) in [5.41, 5.74) is 0.145. The number of aliphatic hydroxyl groups excluding tert-OH is 1. The van der Waals surface area contributed by atoms with Crippen molar-refractivity contribution in [2.24, 2.45) is 0 Å². The maximum Gasteiger partial charge on any atom is 0.274 e. The summed E-state index contributed by atoms with van der Waals surface area (Å²) in [5.74, 6) is -3.71. The van der Waals surface area contributed by atoms with E-state index in [0.29, 0.717) is 24.2 Å². The van der Waals surface area contributed by atoms with E-state index in [1.54, 1.807) is 6.07 Å². The number of hydrogen-bond donors (Lipinski definition) is 3. The fraction of sp³-hybridized carbons (Fsp3) is 0.560. The van der Waals surface area contributed by atoms with Gasteiger partial charge in [0.25, 0.3) is 11.6 Å². The lowest BCUT2D eigenvalue weighted by molar-refractivity contribution is -0.332. The molecule has 190 valence electrons. The van der Waals surface area contributed by atoms with Gasteiger partial charge in [-0.2, -0.15) is 0 Å². The molecule has 2 bridgehead atoms. The first-order valence-electron chi connectivity index (χ1n) is 12.0. The molecule has 11 heteroatoms. The highest BCUT2D eigenvalue weighted by atomic mass is 16.9. The van der Waals surface area contributed by atoms with Gasteiger partial charge < -0.3 is 48.5 Å². The molecule has 6 aliphatic rings. The minimum absolute atomic E-state index is 0.00134. The predicted molar refractivity (Wildman–Crippen MR) is 117 cm³/mol. The summed E-state index contributed by atoms with van der Waals surface area (Å²) < 4.78 is 42.0. The summed E-state index contributed by atoms with van der Waals surface area (Å²) in [6, 6.07) is 1.79. The maximum atomic E-state index is 12.9. The van der Waals surface area contributed by atoms with E-state index in [-0.39, 0.29) is 59.0 Å². The highest BCUT2D eigenvalue weighted by molar-refractivity contribution is 6.11. The van der Waals surface area contributed by atoms with Gasteiger partial charge in [-0.1, -0.05) is 0 Å². The number of epoxide rings is 1. The number of aryl methyl sites for hydroxylation is 1. The van der Waals surface area contributed by atoms with Crippen LogP contribution in [-0.4, -0.2) is 77.6 Å². The molecule has 2 aromatic rings. The SMILES string of the molecule is COc1c2c(c(O)c3c4c(c(C)cc13)C1OC3(C5OCCO5)OC1[C@@](O)(O4)[C@@]31CO1)C(=O)CC[C@@H]2O. The number of carbonyl (C=O) groups is 1. The zero-order valence-electron chi connectivity index (χ0n) is 19.5. The van der Waals surface area contributed by atoms with Crippen molar-refractivity contribution < 1.29 is 53.3 Å². The summed E-state index contributed by atoms with van der Waals surface area (Å²) in [5, 5.41) is 34.8. The van der Waals surface area contributed by atoms with Crippen molar-refractivity contribution in [3.63, 3.8) is 0 Å². The molecule has 6 atom stereocenters. The molecule has 4 saturated heterocycles. The van der Waals surface area contributed by atoms with Crippen LogP contribution in [0.15, 0.2) is 6.07 Å². The van der Waals surface area contributed by atoms with Crippen molar-refractivity contribution in [2.75, 3.05) is 26.9 Å². The Bertz CT molecular complexity index is 1380. The summed E-state index contributed by atoms with van der Waals surface area (Å²) in [6.45, 7) is 2.63. The van der Waals surface area contributed by atoms with Crippen molar-refractivity contribution in [1.82, 2.24) is 0 Å². The van der Waals surface area contributed by atoms with Crippen LogP contribution in [0, 0.1) is 6.92 Å². The van der Waals surface area contributed by atoms with Crippen molar-refractivity contribution in [3.05, 3.63) is 28.3 Å². The van der Waals surface area contributed by atoms with Crippen LogP contribution in [0.4, 0.5) is 0 Å². The van der Waals surface area contributed by atoms with Crippen molar-refractivity contribution in [3.8, 4) is 17.2 Å². The predicted octanol–water partition coefficient (Wildman–Crippen LogP) is 1.26. The van der Waals surface area contributed by atoms with E-state index in [1.165, 1.54) is 7.11 Å². The zero-order chi connectivity index (χ0) is 24.8. The van der Waals surface area contributed by atoms with Gasteiger partial charge in [-0.25, -0.2) is 0 Å². The number of rotatable bonds is 2. The van der Waals surface area contributed by atoms with Crippen LogP contribution < -0.4 is 9.47 Å². The zero-order valence-corrected chi connectivity index (χ0v) is 19.5. The molecule has 1 aliphatic carbocycles. The highest BCUT2D eigenvalue weighted by Gasteiger charge is 2.93. The largest absolute Gasteiger partial charge is 0.506 e. The molecular formula is C25H24O11. The van der Waals surface area contributed by atoms with Crippen LogP contribution in [0.3, 0.4) is 0 Å². The Kier molecular flexibility index (Phi) is 3.88. The van der Waals surface area contributed by atoms with E-state index in [2.05, 4.69) is 0 Å². The third kappa shape index (κ3) is 2.12. The van der Waals surface area contributed by atoms with Crippen LogP contribution in [0.1, 0.15) is 52.1 Å². The standard InChI is InChI=1S/C25H24O11/c1-9-7-10-14(17(28)15-11(26)3-4-12(27)16(15)18(10)30-2)19-13(9)20-21-24(29,34-19)23(8-33-23)25(35-20,36-21)22-31-5-6-32-22/h7,12,20-22,27-29H,3-6,8H2,1-2H3/t12-,20?,21?,23-,24+,25?/m0/s1. The first-order chi connectivity index (χ1) is 17.3. The Morgan fingerprint density at radius 3 is 2.61 bits per heavy atom. The monoisotopic (exact) mass is 500 g/mol. The average molecular weight is 500 g/mol. The Balaban J connectivity index is 1.41. The van der Waals surface area contributed by atoms with E-state index in [0.717, 1.165) is 5.56 Å². The Labute approximate surface area is 204 Å². The molecule has 3 unspecified atom stereocenters. The molecule has 0 aromatic heterocycles. The molecule has 5 aliphatic heterocycles. The van der Waals surface area contributed by atoms with Crippen LogP contribution in [-0.2, 0) is 23.7 Å². The number of phenolic OH excluding ortho intramolecular Hbond substituents is 1. The second kappa shape index (κ2) is 6.48. The molecule has 11 nitrogen and oxygen atoms in total. The maximum absolute atomic E-state index is 12.9. The third-order valence-corrected chi connectivity index (χ3v) is 8.53. The number of fused-ring (bicyclic) bond motifs is 8. The van der Waals surface area contributed by atoms with Gasteiger partial charge in [0.1, 0.15) is 23.4 Å². The highest BCUT2D eigenvalue weighted by Crippen LogP contribution is 2.71. The van der Waals surface area contributed by atoms with Gasteiger partial charge in [-0.15, -0.1) is 0 Å². The van der Waals surface area contributed by atoms with E-state index in [9.17, 15) is 20.1 Å². The normalized spacial score (nSPS) is 40.0. The van der Waals surface area contributed by atoms with Crippen LogP contribution in [0.25, 0.3) is 10.8 Å². The number of phenols is 1. The van der Waals surface area contributed by atoms with Crippen LogP contribution in [0.5, 0.6) is 17.2 Å². The number of ketones is 1. The number of aliphatic hydroxyl groups is 2. The van der Waals surface area contributed by atoms with Gasteiger partial charge in [0.2, 0.25) is 11.9 Å². The van der Waals surface area contributed by atoms with Gasteiger partial charge in [0.05, 0.1) is 44.0 Å². The average Bonchev–Trinajstić information content (AvgIpc) is 3.21. The second-order valence-corrected chi connectivity index (χ2v) is 10.2. The molecule has 36 heavy (non-hydrogen) atoms. The van der Waals surface area contributed by atoms with Crippen molar-refractivity contribution in [2.45, 2.75) is 61.5 Å². The molecule has 2 aromatic carbocycles. The fourth-order valence-corrected chi connectivity index (χ4v) is 6.89. The number of benzene rings is 2. The van der Waals surface area contributed by atoms with Gasteiger partial charge in [0.15, 0.2) is 11.9 Å². The lowest BCUT2D eigenvalue weighted by Gasteiger charge is -2.47. The summed E-state index contributed by atoms with van der Waals surface area (Å²) in [4.78, 5) is 12.9. The fourth-order valence-electron chi connectivity index (χ4n) is 6.89. The smallest absolute Gasteiger partial charge is 0.274 e. The number of carbonyl (C=O) groups excluding carboxylic acids is 1. The Morgan fingerprint density at radius 2 is 1.92 bits per heavy atom. The topological polar surface area (TPSA) is 146 Å². The van der Waals surface area contributed by atoms with Gasteiger partial charge >= 0.3 is 0 Å². The van der Waals surface area contributed by atoms with Gasteiger partial charge in [-0.05, 0) is 25.0 Å². The molecule has 8 rings (SSSR count). The molecule has 0 radical (unpaired) electrons. The lowest BCUT2D eigenvalue weighted by atomic mass is 9.78. The first kappa shape index (κ1) is 21.6. The molecule has 3 N–H and O–H groups in total. The van der Waals surface area contributed by atoms with Crippen LogP contribution in [0.2, 0.25) is 0 Å². The summed E-state index contributed by atoms with van der Waals surface area (Å²) in [7, 11) is 1.44. The van der Waals surface area contributed by atoms with Gasteiger partial charge in [-0.3, -0.25) is 4.79 Å². The van der Waals surface area contributed by atoms with Crippen molar-refractivity contribution >= 4 is 16.6 Å². The van der Waals surface area contributed by atoms with Crippen LogP contribution >= 0.6 is 0 Å². The number of Topliss-reactive ketones (excluding diaryl/α,β-unsaturated/α-hetero) is 1. The molecule has 0 amide bonds. The number of hydrogen-bond acceptors (Lipinski definition) is 11. The van der Waals surface area contributed by atoms with E-state index < -0.39 is 41.8 Å². The number of aromatic hydroxyl groups is 1. The summed E-state index contributed by atoms with van der Waals surface area (Å²) >= 11 is 0. The molecule has 0 saturated carbocycles. The molecular weight excluding hydrogens is 476 g/mol. The minimum atomic E-state index is -1.97. The minimum Gasteiger partial charge on any atom is -0.506 e. The molecule has 5 heterocycles. The van der Waals surface area contributed by atoms with E-state index >= 15 is 0 Å². The Hall–Kier alpha value is -2.51. The first-order valence-corrected chi connectivity index (χ1v) is 12.0.